The lowest BCUT2D eigenvalue weighted by atomic mass is 10.2. The van der Waals surface area contributed by atoms with E-state index in [2.05, 4.69) is 37.5 Å². The number of halogens is 1. The highest BCUT2D eigenvalue weighted by Crippen LogP contribution is 2.30. The van der Waals surface area contributed by atoms with Crippen molar-refractivity contribution in [2.75, 3.05) is 0 Å². The van der Waals surface area contributed by atoms with E-state index in [9.17, 15) is 10.1 Å². The molecule has 0 radical (unpaired) electrons. The molecule has 2 aromatic heterocycles. The fraction of sp³-hybridized carbons (Fsp3) is 0.118. The Bertz CT molecular complexity index is 919. The van der Waals surface area contributed by atoms with E-state index in [0.717, 1.165) is 14.8 Å². The second-order valence-corrected chi connectivity index (χ2v) is 6.25. The van der Waals surface area contributed by atoms with Crippen molar-refractivity contribution in [1.82, 2.24) is 15.0 Å². The highest BCUT2D eigenvalue weighted by atomic mass is 127. The molecule has 0 aliphatic rings. The average Bonchev–Trinajstić information content (AvgIpc) is 2.63. The number of pyridine rings is 1. The molecule has 0 saturated carbocycles. The molecule has 0 amide bonds. The van der Waals surface area contributed by atoms with Gasteiger partial charge in [-0.2, -0.15) is 4.98 Å². The van der Waals surface area contributed by atoms with E-state index in [0.29, 0.717) is 23.9 Å². The van der Waals surface area contributed by atoms with Crippen molar-refractivity contribution in [3.05, 3.63) is 68.2 Å². The van der Waals surface area contributed by atoms with E-state index >= 15 is 0 Å². The Labute approximate surface area is 157 Å². The van der Waals surface area contributed by atoms with E-state index in [1.807, 2.05) is 19.1 Å². The first kappa shape index (κ1) is 17.2. The van der Waals surface area contributed by atoms with Crippen LogP contribution in [0.5, 0.6) is 11.6 Å². The van der Waals surface area contributed by atoms with Crippen LogP contribution in [-0.4, -0.2) is 19.9 Å². The maximum atomic E-state index is 11.0. The van der Waals surface area contributed by atoms with Gasteiger partial charge in [-0.15, -0.1) is 0 Å². The Kier molecular flexibility index (Phi) is 5.17. The van der Waals surface area contributed by atoms with Crippen molar-refractivity contribution in [1.29, 1.82) is 0 Å². The van der Waals surface area contributed by atoms with Crippen molar-refractivity contribution in [2.24, 2.45) is 0 Å². The van der Waals surface area contributed by atoms with Gasteiger partial charge in [-0.05, 0) is 47.2 Å². The van der Waals surface area contributed by atoms with Crippen LogP contribution < -0.4 is 4.74 Å². The summed E-state index contributed by atoms with van der Waals surface area (Å²) in [5, 5.41) is 11.0. The normalized spacial score (nSPS) is 10.5. The third-order valence-electron chi connectivity index (χ3n) is 3.40. The molecule has 0 spiro atoms. The second-order valence-electron chi connectivity index (χ2n) is 5.08. The van der Waals surface area contributed by atoms with Gasteiger partial charge in [0.2, 0.25) is 5.88 Å². The number of aryl methyl sites for hydroxylation is 1. The Morgan fingerprint density at radius 3 is 2.60 bits per heavy atom. The lowest BCUT2D eigenvalue weighted by Crippen LogP contribution is -1.99. The van der Waals surface area contributed by atoms with E-state index in [4.69, 9.17) is 4.74 Å². The third-order valence-corrected chi connectivity index (χ3v) is 4.29. The Morgan fingerprint density at radius 2 is 1.92 bits per heavy atom. The molecule has 7 nitrogen and oxygen atoms in total. The Hall–Kier alpha value is -2.62. The van der Waals surface area contributed by atoms with E-state index in [1.165, 1.54) is 12.1 Å². The molecule has 2 heterocycles. The molecular formula is C17H13IN4O3. The molecule has 126 valence electrons. The molecule has 3 rings (SSSR count). The second kappa shape index (κ2) is 7.51. The minimum absolute atomic E-state index is 0.0328. The summed E-state index contributed by atoms with van der Waals surface area (Å²) in [6.45, 7) is 1.99. The van der Waals surface area contributed by atoms with Gasteiger partial charge in [-0.25, -0.2) is 4.98 Å². The highest BCUT2D eigenvalue weighted by Gasteiger charge is 2.13. The predicted molar refractivity (Wildman–Crippen MR) is 101 cm³/mol. The summed E-state index contributed by atoms with van der Waals surface area (Å²) in [4.78, 5) is 23.4. The zero-order valence-electron chi connectivity index (χ0n) is 13.2. The molecule has 0 fully saturated rings. The summed E-state index contributed by atoms with van der Waals surface area (Å²) in [5.41, 5.74) is 1.61. The summed E-state index contributed by atoms with van der Waals surface area (Å²) in [5.74, 6) is 1.26. The Balaban J connectivity index is 2.00. The molecule has 0 aliphatic heterocycles. The largest absolute Gasteiger partial charge is 0.438 e. The van der Waals surface area contributed by atoms with Crippen LogP contribution in [0.2, 0.25) is 0 Å². The molecule has 25 heavy (non-hydrogen) atoms. The van der Waals surface area contributed by atoms with Gasteiger partial charge in [0.05, 0.1) is 14.6 Å². The number of nitrogens with zero attached hydrogens (tertiary/aromatic N) is 4. The summed E-state index contributed by atoms with van der Waals surface area (Å²) < 4.78 is 6.58. The molecule has 0 atom stereocenters. The molecule has 0 aliphatic carbocycles. The van der Waals surface area contributed by atoms with E-state index < -0.39 is 4.92 Å². The molecule has 1 aromatic carbocycles. The van der Waals surface area contributed by atoms with Crippen molar-refractivity contribution in [3.8, 4) is 23.0 Å². The summed E-state index contributed by atoms with van der Waals surface area (Å²) in [6, 6.07) is 9.83. The highest BCUT2D eigenvalue weighted by molar-refractivity contribution is 14.1. The number of nitro benzene ring substituents is 1. The molecular weight excluding hydrogens is 435 g/mol. The van der Waals surface area contributed by atoms with E-state index in [-0.39, 0.29) is 5.69 Å². The first-order chi connectivity index (χ1) is 12.1. The van der Waals surface area contributed by atoms with Crippen LogP contribution in [0.1, 0.15) is 12.6 Å². The van der Waals surface area contributed by atoms with Gasteiger partial charge in [0.15, 0.2) is 5.82 Å². The average molecular weight is 448 g/mol. The van der Waals surface area contributed by atoms with Crippen molar-refractivity contribution in [3.63, 3.8) is 0 Å². The summed E-state index contributed by atoms with van der Waals surface area (Å²) in [6.07, 6.45) is 4.05. The minimum atomic E-state index is -0.456. The maximum absolute atomic E-state index is 11.0. The minimum Gasteiger partial charge on any atom is -0.438 e. The van der Waals surface area contributed by atoms with E-state index in [1.54, 1.807) is 24.5 Å². The maximum Gasteiger partial charge on any atom is 0.273 e. The van der Waals surface area contributed by atoms with Gasteiger partial charge in [0.25, 0.3) is 5.69 Å². The third kappa shape index (κ3) is 4.08. The summed E-state index contributed by atoms with van der Waals surface area (Å²) >= 11 is 2.07. The van der Waals surface area contributed by atoms with Crippen LogP contribution in [0.4, 0.5) is 5.69 Å². The molecule has 3 aromatic rings. The monoisotopic (exact) mass is 448 g/mol. The van der Waals surface area contributed by atoms with Crippen LogP contribution in [-0.2, 0) is 6.42 Å². The van der Waals surface area contributed by atoms with Crippen LogP contribution >= 0.6 is 22.6 Å². The molecule has 8 heteroatoms. The quantitative estimate of drug-likeness (QED) is 0.326. The van der Waals surface area contributed by atoms with Gasteiger partial charge < -0.3 is 4.74 Å². The van der Waals surface area contributed by atoms with Crippen LogP contribution in [0.3, 0.4) is 0 Å². The van der Waals surface area contributed by atoms with Crippen molar-refractivity contribution in [2.45, 2.75) is 13.3 Å². The molecule has 0 unspecified atom stereocenters. The van der Waals surface area contributed by atoms with Crippen LogP contribution in [0.25, 0.3) is 11.4 Å². The standard InChI is InChI=1S/C17H13IN4O3/c1-2-12-9-16(21-17(20-12)11-5-7-19-8-6-11)25-15-10-13(22(23)24)3-4-14(15)18/h3-10H,2H2,1H3. The molecule has 0 N–H and O–H groups in total. The zero-order chi connectivity index (χ0) is 17.8. The SMILES string of the molecule is CCc1cc(Oc2cc([N+](=O)[O-])ccc2I)nc(-c2ccncc2)n1. The number of hydrogen-bond donors (Lipinski definition) is 0. The number of ether oxygens (including phenoxy) is 1. The van der Waals surface area contributed by atoms with Gasteiger partial charge >= 0.3 is 0 Å². The number of non-ortho nitro benzene ring substituents is 1. The number of benzene rings is 1. The van der Waals surface area contributed by atoms with Crippen LogP contribution in [0.15, 0.2) is 48.8 Å². The van der Waals surface area contributed by atoms with Gasteiger partial charge in [-0.1, -0.05) is 6.92 Å². The summed E-state index contributed by atoms with van der Waals surface area (Å²) in [7, 11) is 0. The van der Waals surface area contributed by atoms with Crippen molar-refractivity contribution >= 4 is 28.3 Å². The van der Waals surface area contributed by atoms with Gasteiger partial charge in [-0.3, -0.25) is 15.1 Å². The molecule has 0 bridgehead atoms. The smallest absolute Gasteiger partial charge is 0.273 e. The number of aromatic nitrogens is 3. The van der Waals surface area contributed by atoms with Gasteiger partial charge in [0.1, 0.15) is 5.75 Å². The number of hydrogen-bond acceptors (Lipinski definition) is 6. The number of rotatable bonds is 5. The van der Waals surface area contributed by atoms with Crippen molar-refractivity contribution < 1.29 is 9.66 Å². The first-order valence-electron chi connectivity index (χ1n) is 7.47. The van der Waals surface area contributed by atoms with Crippen LogP contribution in [0, 0.1) is 13.7 Å². The predicted octanol–water partition coefficient (Wildman–Crippen LogP) is 4.41. The lowest BCUT2D eigenvalue weighted by molar-refractivity contribution is -0.384. The fourth-order valence-corrected chi connectivity index (χ4v) is 2.58. The fourth-order valence-electron chi connectivity index (χ4n) is 2.13. The molecule has 0 saturated heterocycles. The number of nitro groups is 1. The Morgan fingerprint density at radius 1 is 1.16 bits per heavy atom. The zero-order valence-corrected chi connectivity index (χ0v) is 15.4. The van der Waals surface area contributed by atoms with Gasteiger partial charge in [0, 0.05) is 35.8 Å². The topological polar surface area (TPSA) is 91.0 Å². The first-order valence-corrected chi connectivity index (χ1v) is 8.55. The lowest BCUT2D eigenvalue weighted by Gasteiger charge is -2.10.